The second-order valence-corrected chi connectivity index (χ2v) is 4.96. The molecule has 0 radical (unpaired) electrons. The maximum Gasteiger partial charge on any atom is 0.237 e. The van der Waals surface area contributed by atoms with Crippen molar-refractivity contribution in [1.29, 1.82) is 0 Å². The summed E-state index contributed by atoms with van der Waals surface area (Å²) in [6.45, 7) is 6.42. The van der Waals surface area contributed by atoms with Crippen molar-refractivity contribution in [1.82, 2.24) is 25.1 Å². The number of piperazine rings is 1. The summed E-state index contributed by atoms with van der Waals surface area (Å²) in [5.41, 5.74) is 0. The number of nitrogens with one attached hydrogen (secondary N) is 2. The first-order valence-corrected chi connectivity index (χ1v) is 6.87. The Balaban J connectivity index is 1.73. The number of rotatable bonds is 5. The Labute approximate surface area is 114 Å². The van der Waals surface area contributed by atoms with E-state index in [0.717, 1.165) is 38.4 Å². The molecule has 6 heteroatoms. The van der Waals surface area contributed by atoms with Crippen LogP contribution >= 0.6 is 0 Å². The van der Waals surface area contributed by atoms with Gasteiger partial charge in [-0.3, -0.25) is 9.69 Å². The van der Waals surface area contributed by atoms with Gasteiger partial charge >= 0.3 is 0 Å². The minimum atomic E-state index is -0.0523. The summed E-state index contributed by atoms with van der Waals surface area (Å²) >= 11 is 0. The van der Waals surface area contributed by atoms with Gasteiger partial charge in [-0.25, -0.2) is 4.98 Å². The zero-order valence-electron chi connectivity index (χ0n) is 11.7. The van der Waals surface area contributed by atoms with Crippen LogP contribution in [0, 0.1) is 0 Å². The van der Waals surface area contributed by atoms with Crippen molar-refractivity contribution in [2.75, 3.05) is 32.7 Å². The molecule has 1 aliphatic heterocycles. The van der Waals surface area contributed by atoms with Crippen LogP contribution in [0.2, 0.25) is 0 Å². The number of aromatic nitrogens is 2. The van der Waals surface area contributed by atoms with Gasteiger partial charge in [0.2, 0.25) is 5.91 Å². The molecular formula is C13H23N5O. The Morgan fingerprint density at radius 2 is 2.26 bits per heavy atom. The van der Waals surface area contributed by atoms with Crippen molar-refractivity contribution in [2.24, 2.45) is 7.05 Å². The fraction of sp³-hybridized carbons (Fsp3) is 0.692. The number of amides is 1. The second kappa shape index (κ2) is 6.68. The van der Waals surface area contributed by atoms with Crippen molar-refractivity contribution in [3.63, 3.8) is 0 Å². The molecule has 2 N–H and O–H groups in total. The van der Waals surface area contributed by atoms with E-state index < -0.39 is 0 Å². The van der Waals surface area contributed by atoms with Crippen LogP contribution in [0.25, 0.3) is 0 Å². The topological polar surface area (TPSA) is 62.2 Å². The van der Waals surface area contributed by atoms with Crippen LogP contribution < -0.4 is 10.6 Å². The van der Waals surface area contributed by atoms with Gasteiger partial charge in [0.15, 0.2) is 0 Å². The molecular weight excluding hydrogens is 242 g/mol. The average Bonchev–Trinajstić information content (AvgIpc) is 2.84. The highest BCUT2D eigenvalue weighted by Gasteiger charge is 2.22. The van der Waals surface area contributed by atoms with Crippen LogP contribution in [0.5, 0.6) is 0 Å². The number of aryl methyl sites for hydroxylation is 1. The summed E-state index contributed by atoms with van der Waals surface area (Å²) in [4.78, 5) is 18.5. The lowest BCUT2D eigenvalue weighted by atomic mass is 10.2. The zero-order chi connectivity index (χ0) is 13.7. The van der Waals surface area contributed by atoms with Crippen LogP contribution in [-0.2, 0) is 18.3 Å². The molecule has 1 aromatic rings. The zero-order valence-corrected chi connectivity index (χ0v) is 11.7. The first-order chi connectivity index (χ1) is 9.18. The summed E-state index contributed by atoms with van der Waals surface area (Å²) in [6, 6.07) is -0.0523. The van der Waals surface area contributed by atoms with Crippen LogP contribution in [-0.4, -0.2) is 59.1 Å². The van der Waals surface area contributed by atoms with Crippen molar-refractivity contribution in [2.45, 2.75) is 19.4 Å². The van der Waals surface area contributed by atoms with E-state index >= 15 is 0 Å². The molecule has 1 saturated heterocycles. The Morgan fingerprint density at radius 3 is 2.89 bits per heavy atom. The third-order valence-electron chi connectivity index (χ3n) is 3.65. The van der Waals surface area contributed by atoms with E-state index in [4.69, 9.17) is 0 Å². The molecule has 1 atom stereocenters. The quantitative estimate of drug-likeness (QED) is 0.744. The van der Waals surface area contributed by atoms with E-state index in [9.17, 15) is 4.79 Å². The van der Waals surface area contributed by atoms with Crippen LogP contribution in [0.3, 0.4) is 0 Å². The second-order valence-electron chi connectivity index (χ2n) is 4.96. The molecule has 2 heterocycles. The first kappa shape index (κ1) is 14.0. The minimum Gasteiger partial charge on any atom is -0.354 e. The number of carbonyl (C=O) groups is 1. The largest absolute Gasteiger partial charge is 0.354 e. The summed E-state index contributed by atoms with van der Waals surface area (Å²) < 4.78 is 1.98. The summed E-state index contributed by atoms with van der Waals surface area (Å²) in [6.07, 6.45) is 4.46. The molecule has 106 valence electrons. The van der Waals surface area contributed by atoms with E-state index in [2.05, 4.69) is 20.5 Å². The van der Waals surface area contributed by atoms with Gasteiger partial charge in [-0.05, 0) is 6.92 Å². The molecule has 1 aromatic heterocycles. The SMILES string of the molecule is CC(C(=O)NCCc1nccn1C)N1CCNCC1. The third kappa shape index (κ3) is 3.78. The van der Waals surface area contributed by atoms with E-state index in [-0.39, 0.29) is 11.9 Å². The number of hydrogen-bond donors (Lipinski definition) is 2. The highest BCUT2D eigenvalue weighted by Crippen LogP contribution is 2.01. The highest BCUT2D eigenvalue weighted by molar-refractivity contribution is 5.81. The number of imidazole rings is 1. The van der Waals surface area contributed by atoms with Gasteiger partial charge in [-0.2, -0.15) is 0 Å². The molecule has 1 unspecified atom stereocenters. The number of hydrogen-bond acceptors (Lipinski definition) is 4. The Kier molecular flexibility index (Phi) is 4.93. The van der Waals surface area contributed by atoms with Crippen LogP contribution in [0.15, 0.2) is 12.4 Å². The first-order valence-electron chi connectivity index (χ1n) is 6.87. The van der Waals surface area contributed by atoms with Gasteiger partial charge in [-0.1, -0.05) is 0 Å². The smallest absolute Gasteiger partial charge is 0.237 e. The maximum absolute atomic E-state index is 12.1. The normalized spacial score (nSPS) is 18.2. The number of nitrogens with zero attached hydrogens (tertiary/aromatic N) is 3. The van der Waals surface area contributed by atoms with Gasteiger partial charge in [-0.15, -0.1) is 0 Å². The Morgan fingerprint density at radius 1 is 1.53 bits per heavy atom. The van der Waals surface area contributed by atoms with Crippen molar-refractivity contribution < 1.29 is 4.79 Å². The van der Waals surface area contributed by atoms with Gasteiger partial charge in [0.05, 0.1) is 6.04 Å². The van der Waals surface area contributed by atoms with Gasteiger partial charge in [0.25, 0.3) is 0 Å². The molecule has 1 aliphatic rings. The monoisotopic (exact) mass is 265 g/mol. The lowest BCUT2D eigenvalue weighted by molar-refractivity contribution is -0.126. The molecule has 2 rings (SSSR count). The van der Waals surface area contributed by atoms with Gasteiger partial charge in [0, 0.05) is 58.6 Å². The third-order valence-corrected chi connectivity index (χ3v) is 3.65. The number of carbonyl (C=O) groups excluding carboxylic acids is 1. The van der Waals surface area contributed by atoms with E-state index in [1.807, 2.05) is 24.7 Å². The van der Waals surface area contributed by atoms with E-state index in [1.165, 1.54) is 0 Å². The predicted octanol–water partition coefficient (Wildman–Crippen LogP) is -0.627. The summed E-state index contributed by atoms with van der Waals surface area (Å²) in [5, 5.41) is 6.28. The fourth-order valence-electron chi connectivity index (χ4n) is 2.32. The highest BCUT2D eigenvalue weighted by atomic mass is 16.2. The lowest BCUT2D eigenvalue weighted by Crippen LogP contribution is -2.52. The van der Waals surface area contributed by atoms with Crippen molar-refractivity contribution in [3.05, 3.63) is 18.2 Å². The molecule has 1 amide bonds. The molecule has 0 saturated carbocycles. The molecule has 0 bridgehead atoms. The molecule has 1 fully saturated rings. The van der Waals surface area contributed by atoms with Gasteiger partial charge in [0.1, 0.15) is 5.82 Å². The standard InChI is InChI=1S/C13H23N5O/c1-11(18-9-5-14-6-10-18)13(19)16-4-3-12-15-7-8-17(12)2/h7-8,11,14H,3-6,9-10H2,1-2H3,(H,16,19). The minimum absolute atomic E-state index is 0.0523. The molecule has 0 aliphatic carbocycles. The predicted molar refractivity (Wildman–Crippen MR) is 73.8 cm³/mol. The molecule has 6 nitrogen and oxygen atoms in total. The molecule has 0 spiro atoms. The fourth-order valence-corrected chi connectivity index (χ4v) is 2.32. The average molecular weight is 265 g/mol. The van der Waals surface area contributed by atoms with Crippen molar-refractivity contribution in [3.8, 4) is 0 Å². The van der Waals surface area contributed by atoms with Crippen LogP contribution in [0.1, 0.15) is 12.7 Å². The molecule has 0 aromatic carbocycles. The Hall–Kier alpha value is -1.40. The van der Waals surface area contributed by atoms with Crippen molar-refractivity contribution >= 4 is 5.91 Å². The Bertz CT molecular complexity index is 411. The molecule has 19 heavy (non-hydrogen) atoms. The lowest BCUT2D eigenvalue weighted by Gasteiger charge is -2.31. The summed E-state index contributed by atoms with van der Waals surface area (Å²) in [5.74, 6) is 1.10. The van der Waals surface area contributed by atoms with E-state index in [1.54, 1.807) is 6.20 Å². The van der Waals surface area contributed by atoms with Gasteiger partial charge < -0.3 is 15.2 Å². The summed E-state index contributed by atoms with van der Waals surface area (Å²) in [7, 11) is 1.97. The van der Waals surface area contributed by atoms with Crippen LogP contribution in [0.4, 0.5) is 0 Å². The van der Waals surface area contributed by atoms with E-state index in [0.29, 0.717) is 6.54 Å². The maximum atomic E-state index is 12.1.